The zero-order valence-corrected chi connectivity index (χ0v) is 13.0. The van der Waals surface area contributed by atoms with E-state index in [-0.39, 0.29) is 18.4 Å². The first-order valence-corrected chi connectivity index (χ1v) is 8.39. The van der Waals surface area contributed by atoms with Gasteiger partial charge in [-0.25, -0.2) is 0 Å². The summed E-state index contributed by atoms with van der Waals surface area (Å²) in [5.41, 5.74) is 0. The topological polar surface area (TPSA) is 40.5 Å². The molecule has 1 saturated carbocycles. The van der Waals surface area contributed by atoms with Gasteiger partial charge < -0.3 is 10.0 Å². The van der Waals surface area contributed by atoms with Gasteiger partial charge in [0.1, 0.15) is 0 Å². The average Bonchev–Trinajstić information content (AvgIpc) is 3.14. The highest BCUT2D eigenvalue weighted by molar-refractivity contribution is 7.12. The number of amides is 1. The number of aliphatic hydroxyl groups excluding tert-OH is 1. The first-order chi connectivity index (χ1) is 9.60. The molecule has 2 heterocycles. The third-order valence-corrected chi connectivity index (χ3v) is 5.89. The minimum Gasteiger partial charge on any atom is -0.396 e. The van der Waals surface area contributed by atoms with Gasteiger partial charge in [0, 0.05) is 40.8 Å². The van der Waals surface area contributed by atoms with Gasteiger partial charge in [0.2, 0.25) is 5.91 Å². The fourth-order valence-corrected chi connectivity index (χ4v) is 4.34. The summed E-state index contributed by atoms with van der Waals surface area (Å²) in [4.78, 5) is 17.4. The zero-order valence-electron chi connectivity index (χ0n) is 12.2. The van der Waals surface area contributed by atoms with Crippen molar-refractivity contribution < 1.29 is 9.90 Å². The second-order valence-corrected chi connectivity index (χ2v) is 7.68. The molecule has 1 amide bonds. The van der Waals surface area contributed by atoms with E-state index in [1.54, 1.807) is 0 Å². The average molecular weight is 293 g/mol. The number of carbonyl (C=O) groups excluding carboxylic acids is 1. The Morgan fingerprint density at radius 2 is 2.25 bits per heavy atom. The van der Waals surface area contributed by atoms with E-state index in [2.05, 4.69) is 26.0 Å². The molecular weight excluding hydrogens is 270 g/mol. The molecule has 2 fully saturated rings. The highest BCUT2D eigenvalue weighted by Gasteiger charge is 2.47. The van der Waals surface area contributed by atoms with Crippen molar-refractivity contribution in [3.63, 3.8) is 0 Å². The Balaban J connectivity index is 1.64. The normalized spacial score (nSPS) is 33.2. The van der Waals surface area contributed by atoms with Crippen molar-refractivity contribution >= 4 is 17.2 Å². The van der Waals surface area contributed by atoms with Crippen LogP contribution in [0.1, 0.15) is 41.9 Å². The highest BCUT2D eigenvalue weighted by Crippen LogP contribution is 2.51. The first kappa shape index (κ1) is 14.1. The zero-order chi connectivity index (χ0) is 14.3. The van der Waals surface area contributed by atoms with Crippen molar-refractivity contribution in [2.45, 2.75) is 45.1 Å². The molecular formula is C16H23NO2S. The summed E-state index contributed by atoms with van der Waals surface area (Å²) >= 11 is 1.82. The number of nitrogens with zero attached hydrogens (tertiary/aromatic N) is 1. The lowest BCUT2D eigenvalue weighted by Gasteiger charge is -2.37. The Morgan fingerprint density at radius 1 is 1.45 bits per heavy atom. The summed E-state index contributed by atoms with van der Waals surface area (Å²) in [5.74, 6) is 1.22. The van der Waals surface area contributed by atoms with Gasteiger partial charge in [0.15, 0.2) is 0 Å². The maximum Gasteiger partial charge on any atom is 0.226 e. The second-order valence-electron chi connectivity index (χ2n) is 6.36. The molecule has 0 spiro atoms. The van der Waals surface area contributed by atoms with E-state index >= 15 is 0 Å². The number of hydrogen-bond acceptors (Lipinski definition) is 3. The van der Waals surface area contributed by atoms with Crippen molar-refractivity contribution in [3.8, 4) is 0 Å². The predicted octanol–water partition coefficient (Wildman–Crippen LogP) is 2.78. The highest BCUT2D eigenvalue weighted by atomic mass is 32.1. The SMILES string of the molecule is Cc1ccc(C2CC2C(=O)N2CC(CO)CCC2C)s1. The van der Waals surface area contributed by atoms with Gasteiger partial charge in [-0.05, 0) is 51.2 Å². The first-order valence-electron chi connectivity index (χ1n) is 7.57. The molecule has 4 atom stereocenters. The number of hydrogen-bond donors (Lipinski definition) is 1. The van der Waals surface area contributed by atoms with E-state index in [0.29, 0.717) is 17.9 Å². The van der Waals surface area contributed by atoms with E-state index in [0.717, 1.165) is 25.8 Å². The Morgan fingerprint density at radius 3 is 2.90 bits per heavy atom. The lowest BCUT2D eigenvalue weighted by Crippen LogP contribution is -2.47. The van der Waals surface area contributed by atoms with Crippen molar-refractivity contribution in [1.82, 2.24) is 4.90 Å². The molecule has 1 aliphatic heterocycles. The van der Waals surface area contributed by atoms with Crippen molar-refractivity contribution in [2.24, 2.45) is 11.8 Å². The maximum absolute atomic E-state index is 12.7. The maximum atomic E-state index is 12.7. The van der Waals surface area contributed by atoms with E-state index in [4.69, 9.17) is 0 Å². The van der Waals surface area contributed by atoms with Crippen LogP contribution in [0.3, 0.4) is 0 Å². The lowest BCUT2D eigenvalue weighted by molar-refractivity contribution is -0.137. The summed E-state index contributed by atoms with van der Waals surface area (Å²) in [6, 6.07) is 4.65. The smallest absolute Gasteiger partial charge is 0.226 e. The second kappa shape index (κ2) is 5.49. The van der Waals surface area contributed by atoms with Crippen molar-refractivity contribution in [1.29, 1.82) is 0 Å². The molecule has 4 unspecified atom stereocenters. The number of piperidine rings is 1. The summed E-state index contributed by atoms with van der Waals surface area (Å²) < 4.78 is 0. The number of thiophene rings is 1. The van der Waals surface area contributed by atoms with Crippen LogP contribution in [-0.2, 0) is 4.79 Å². The molecule has 110 valence electrons. The molecule has 1 aromatic heterocycles. The third-order valence-electron chi connectivity index (χ3n) is 4.76. The summed E-state index contributed by atoms with van der Waals surface area (Å²) in [5, 5.41) is 9.33. The molecule has 3 rings (SSSR count). The van der Waals surface area contributed by atoms with Crippen molar-refractivity contribution in [3.05, 3.63) is 21.9 Å². The Labute approximate surface area is 124 Å². The predicted molar refractivity (Wildman–Crippen MR) is 80.9 cm³/mol. The lowest BCUT2D eigenvalue weighted by atomic mass is 9.93. The van der Waals surface area contributed by atoms with Crippen LogP contribution in [0.5, 0.6) is 0 Å². The van der Waals surface area contributed by atoms with Crippen LogP contribution in [0.2, 0.25) is 0 Å². The van der Waals surface area contributed by atoms with Crippen LogP contribution in [-0.4, -0.2) is 35.1 Å². The van der Waals surface area contributed by atoms with Crippen LogP contribution >= 0.6 is 11.3 Å². The quantitative estimate of drug-likeness (QED) is 0.931. The van der Waals surface area contributed by atoms with Gasteiger partial charge in [-0.15, -0.1) is 11.3 Å². The number of likely N-dealkylation sites (tertiary alicyclic amines) is 1. The standard InChI is InChI=1S/C16H23NO2S/c1-10-3-5-12(9-18)8-17(10)16(19)14-7-13(14)15-6-4-11(2)20-15/h4,6,10,12-14,18H,3,5,7-9H2,1-2H3. The molecule has 1 N–H and O–H groups in total. The van der Waals surface area contributed by atoms with E-state index in [1.807, 2.05) is 16.2 Å². The molecule has 4 heteroatoms. The van der Waals surface area contributed by atoms with Gasteiger partial charge >= 0.3 is 0 Å². The molecule has 0 bridgehead atoms. The van der Waals surface area contributed by atoms with Crippen molar-refractivity contribution in [2.75, 3.05) is 13.2 Å². The molecule has 0 aromatic carbocycles. The van der Waals surface area contributed by atoms with Gasteiger partial charge in [-0.3, -0.25) is 4.79 Å². The van der Waals surface area contributed by atoms with Crippen LogP contribution < -0.4 is 0 Å². The third kappa shape index (κ3) is 2.63. The summed E-state index contributed by atoms with van der Waals surface area (Å²) in [7, 11) is 0. The summed E-state index contributed by atoms with van der Waals surface area (Å²) in [6.07, 6.45) is 3.07. The fraction of sp³-hybridized carbons (Fsp3) is 0.688. The minimum atomic E-state index is 0.188. The fourth-order valence-electron chi connectivity index (χ4n) is 3.29. The van der Waals surface area contributed by atoms with Crippen LogP contribution in [0, 0.1) is 18.8 Å². The molecule has 2 aliphatic rings. The van der Waals surface area contributed by atoms with Gasteiger partial charge in [0.05, 0.1) is 0 Å². The molecule has 0 radical (unpaired) electrons. The Hall–Kier alpha value is -0.870. The molecule has 1 aliphatic carbocycles. The van der Waals surface area contributed by atoms with E-state index < -0.39 is 0 Å². The number of aliphatic hydroxyl groups is 1. The molecule has 3 nitrogen and oxygen atoms in total. The van der Waals surface area contributed by atoms with Crippen LogP contribution in [0.4, 0.5) is 0 Å². The number of rotatable bonds is 3. The van der Waals surface area contributed by atoms with E-state index in [9.17, 15) is 9.90 Å². The molecule has 20 heavy (non-hydrogen) atoms. The number of carbonyl (C=O) groups is 1. The largest absolute Gasteiger partial charge is 0.396 e. The van der Waals surface area contributed by atoms with E-state index in [1.165, 1.54) is 9.75 Å². The Kier molecular flexibility index (Phi) is 3.87. The van der Waals surface area contributed by atoms with Gasteiger partial charge in [0.25, 0.3) is 0 Å². The monoisotopic (exact) mass is 293 g/mol. The van der Waals surface area contributed by atoms with Gasteiger partial charge in [-0.1, -0.05) is 0 Å². The molecule has 1 saturated heterocycles. The summed E-state index contributed by atoms with van der Waals surface area (Å²) in [6.45, 7) is 5.20. The van der Waals surface area contributed by atoms with Crippen LogP contribution in [0.15, 0.2) is 12.1 Å². The minimum absolute atomic E-state index is 0.188. The van der Waals surface area contributed by atoms with Crippen LogP contribution in [0.25, 0.3) is 0 Å². The Bertz CT molecular complexity index is 498. The number of aryl methyl sites for hydroxylation is 1. The van der Waals surface area contributed by atoms with Gasteiger partial charge in [-0.2, -0.15) is 0 Å². The molecule has 1 aromatic rings.